The van der Waals surface area contributed by atoms with Crippen molar-refractivity contribution in [2.75, 3.05) is 5.32 Å². The van der Waals surface area contributed by atoms with E-state index in [2.05, 4.69) is 25.4 Å². The molecule has 3 aromatic heterocycles. The van der Waals surface area contributed by atoms with Gasteiger partial charge in [-0.15, -0.1) is 11.3 Å². The zero-order valence-corrected chi connectivity index (χ0v) is 16.3. The first kappa shape index (κ1) is 19.4. The Balaban J connectivity index is 1.94. The molecule has 0 unspecified atom stereocenters. The summed E-state index contributed by atoms with van der Waals surface area (Å²) in [5.74, 6) is -0.0670. The van der Waals surface area contributed by atoms with E-state index < -0.39 is 5.54 Å². The van der Waals surface area contributed by atoms with Crippen molar-refractivity contribution in [3.05, 3.63) is 56.1 Å². The third-order valence-electron chi connectivity index (χ3n) is 3.89. The third-order valence-corrected chi connectivity index (χ3v) is 4.85. The molecule has 0 aliphatic heterocycles. The third kappa shape index (κ3) is 4.29. The average Bonchev–Trinajstić information content (AvgIpc) is 3.26. The molecule has 3 heterocycles. The van der Waals surface area contributed by atoms with Crippen LogP contribution in [0, 0.1) is 0 Å². The Morgan fingerprint density at radius 1 is 1.32 bits per heavy atom. The van der Waals surface area contributed by atoms with Crippen LogP contribution in [0.5, 0.6) is 0 Å². The van der Waals surface area contributed by atoms with Gasteiger partial charge in [0.15, 0.2) is 5.78 Å². The normalized spacial score (nSPS) is 13.0. The van der Waals surface area contributed by atoms with Gasteiger partial charge >= 0.3 is 0 Å². The maximum absolute atomic E-state index is 12.6. The van der Waals surface area contributed by atoms with Crippen molar-refractivity contribution < 1.29 is 9.59 Å². The first-order valence-electron chi connectivity index (χ1n) is 8.32. The highest BCUT2D eigenvalue weighted by Crippen LogP contribution is 2.14. The Kier molecular flexibility index (Phi) is 5.32. The maximum Gasteiger partial charge on any atom is 0.266 e. The van der Waals surface area contributed by atoms with Crippen LogP contribution in [0.15, 0.2) is 35.6 Å². The Morgan fingerprint density at radius 3 is 2.79 bits per heavy atom. The Hall–Kier alpha value is -3.40. The van der Waals surface area contributed by atoms with Gasteiger partial charge in [-0.2, -0.15) is 5.10 Å². The van der Waals surface area contributed by atoms with Crippen LogP contribution >= 0.6 is 11.3 Å². The molecule has 3 aromatic rings. The molecule has 0 aliphatic rings. The highest BCUT2D eigenvalue weighted by Gasteiger charge is 2.28. The number of nitrogens with one attached hydrogen (secondary N) is 2. The minimum Gasteiger partial charge on any atom is -0.313 e. The molecule has 144 valence electrons. The van der Waals surface area contributed by atoms with E-state index in [9.17, 15) is 14.4 Å². The molecule has 3 rings (SSSR count). The lowest BCUT2D eigenvalue weighted by Crippen LogP contribution is -2.36. The maximum atomic E-state index is 12.6. The minimum absolute atomic E-state index is 0.229. The van der Waals surface area contributed by atoms with Gasteiger partial charge in [0.2, 0.25) is 5.91 Å². The van der Waals surface area contributed by atoms with Gasteiger partial charge in [0.05, 0.1) is 14.9 Å². The van der Waals surface area contributed by atoms with Gasteiger partial charge < -0.3 is 10.3 Å². The van der Waals surface area contributed by atoms with Crippen molar-refractivity contribution in [1.29, 1.82) is 0 Å². The van der Waals surface area contributed by atoms with E-state index in [-0.39, 0.29) is 17.2 Å². The van der Waals surface area contributed by atoms with E-state index in [4.69, 9.17) is 0 Å². The van der Waals surface area contributed by atoms with Crippen LogP contribution in [0.4, 0.5) is 5.82 Å². The number of rotatable bonds is 5. The van der Waals surface area contributed by atoms with Gasteiger partial charge in [0, 0.05) is 13.0 Å². The largest absolute Gasteiger partial charge is 0.313 e. The van der Waals surface area contributed by atoms with Crippen molar-refractivity contribution >= 4 is 41.0 Å². The molecule has 0 atom stereocenters. The number of pyridine rings is 1. The fraction of sp³-hybridized carbons (Fsp3) is 0.222. The monoisotopic (exact) mass is 398 g/mol. The summed E-state index contributed by atoms with van der Waals surface area (Å²) in [6, 6.07) is 5.09. The fourth-order valence-electron chi connectivity index (χ4n) is 2.35. The number of thiazole rings is 1. The van der Waals surface area contributed by atoms with E-state index in [1.165, 1.54) is 30.3 Å². The van der Waals surface area contributed by atoms with Gasteiger partial charge in [-0.25, -0.2) is 14.6 Å². The molecule has 9 nitrogen and oxygen atoms in total. The van der Waals surface area contributed by atoms with Gasteiger partial charge in [-0.1, -0.05) is 6.07 Å². The summed E-state index contributed by atoms with van der Waals surface area (Å²) in [5.41, 5.74) is -0.746. The van der Waals surface area contributed by atoms with E-state index in [1.54, 1.807) is 38.1 Å². The molecule has 2 N–H and O–H groups in total. The van der Waals surface area contributed by atoms with Gasteiger partial charge in [-0.3, -0.25) is 14.4 Å². The van der Waals surface area contributed by atoms with Crippen molar-refractivity contribution in [2.45, 2.75) is 26.3 Å². The van der Waals surface area contributed by atoms with Crippen LogP contribution in [0.3, 0.4) is 0 Å². The van der Waals surface area contributed by atoms with Crippen LogP contribution in [0.2, 0.25) is 0 Å². The summed E-state index contributed by atoms with van der Waals surface area (Å²) < 4.78 is 2.28. The quantitative estimate of drug-likeness (QED) is 0.623. The number of H-pyrrole nitrogens is 1. The Labute approximate surface area is 163 Å². The molecule has 0 radical (unpaired) electrons. The molecule has 0 saturated carbocycles. The number of aromatic amines is 1. The highest BCUT2D eigenvalue weighted by atomic mass is 32.1. The number of aromatic nitrogens is 5. The number of hydrogen-bond acceptors (Lipinski definition) is 7. The van der Waals surface area contributed by atoms with Crippen LogP contribution < -0.4 is 20.1 Å². The summed E-state index contributed by atoms with van der Waals surface area (Å²) in [4.78, 5) is 46.8. The second-order valence-electron chi connectivity index (χ2n) is 6.47. The van der Waals surface area contributed by atoms with Crippen LogP contribution in [-0.2, 0) is 15.1 Å². The predicted octanol–water partition coefficient (Wildman–Crippen LogP) is -0.00500. The number of ketones is 1. The number of amides is 1. The number of hydrogen-bond donors (Lipinski definition) is 2. The zero-order valence-electron chi connectivity index (χ0n) is 15.5. The molecule has 0 aliphatic carbocycles. The van der Waals surface area contributed by atoms with Crippen LogP contribution in [0.1, 0.15) is 26.5 Å². The number of carbonyl (C=O) groups is 2. The van der Waals surface area contributed by atoms with Crippen molar-refractivity contribution in [1.82, 2.24) is 24.7 Å². The lowest BCUT2D eigenvalue weighted by molar-refractivity contribution is -0.120. The molecule has 0 saturated heterocycles. The molecule has 1 amide bonds. The first-order chi connectivity index (χ1) is 13.3. The zero-order chi connectivity index (χ0) is 20.3. The Bertz CT molecular complexity index is 1190. The lowest BCUT2D eigenvalue weighted by Gasteiger charge is -2.20. The van der Waals surface area contributed by atoms with Crippen molar-refractivity contribution in [2.24, 2.45) is 0 Å². The van der Waals surface area contributed by atoms with Gasteiger partial charge in [0.1, 0.15) is 24.0 Å². The van der Waals surface area contributed by atoms with E-state index in [1.807, 2.05) is 0 Å². The van der Waals surface area contributed by atoms with Gasteiger partial charge in [0.25, 0.3) is 5.56 Å². The number of Topliss-reactive ketones (excluding diaryl/α,β-unsaturated/α-hetero) is 1. The predicted molar refractivity (Wildman–Crippen MR) is 105 cm³/mol. The van der Waals surface area contributed by atoms with E-state index in [0.29, 0.717) is 20.7 Å². The first-order valence-corrected chi connectivity index (χ1v) is 9.14. The second-order valence-corrected chi connectivity index (χ2v) is 7.55. The Morgan fingerprint density at radius 2 is 2.11 bits per heavy atom. The summed E-state index contributed by atoms with van der Waals surface area (Å²) in [6.45, 7) is 4.83. The molecule has 0 fully saturated rings. The summed E-state index contributed by atoms with van der Waals surface area (Å²) in [6.07, 6.45) is 5.80. The van der Waals surface area contributed by atoms with Crippen LogP contribution in [0.25, 0.3) is 12.2 Å². The molecule has 10 heteroatoms. The summed E-state index contributed by atoms with van der Waals surface area (Å²) >= 11 is 1.14. The smallest absolute Gasteiger partial charge is 0.266 e. The molecule has 0 spiro atoms. The fourth-order valence-corrected chi connectivity index (χ4v) is 3.22. The topological polar surface area (TPSA) is 123 Å². The minimum atomic E-state index is -0.935. The lowest BCUT2D eigenvalue weighted by atomic mass is 10.00. The van der Waals surface area contributed by atoms with Gasteiger partial charge in [-0.05, 0) is 32.1 Å². The van der Waals surface area contributed by atoms with Crippen molar-refractivity contribution in [3.8, 4) is 0 Å². The second kappa shape index (κ2) is 7.69. The van der Waals surface area contributed by atoms with E-state index >= 15 is 0 Å². The standard InChI is InChI=1S/C18H18N6O3S/c1-11(25)21-15-6-4-5-12(22-15)7-13-17(27)23-16(28-13)8-14(26)18(2,3)24-10-19-9-20-24/h4-10H,1-3H3,(H,23,27)(H,21,22,25)/b13-7-,16-8+. The highest BCUT2D eigenvalue weighted by molar-refractivity contribution is 7.07. The molecule has 0 bridgehead atoms. The number of nitrogens with zero attached hydrogens (tertiary/aromatic N) is 4. The summed E-state index contributed by atoms with van der Waals surface area (Å²) in [5, 5.41) is 6.60. The number of carbonyl (C=O) groups excluding carboxylic acids is 2. The average molecular weight is 398 g/mol. The van der Waals surface area contributed by atoms with Crippen LogP contribution in [-0.4, -0.2) is 36.4 Å². The number of anilines is 1. The van der Waals surface area contributed by atoms with E-state index in [0.717, 1.165) is 11.3 Å². The molecule has 28 heavy (non-hydrogen) atoms. The molecular formula is C18H18N6O3S. The molecular weight excluding hydrogens is 380 g/mol. The summed E-state index contributed by atoms with van der Waals surface area (Å²) in [7, 11) is 0. The molecule has 0 aromatic carbocycles. The SMILES string of the molecule is CC(=O)Nc1cccc(/C=c2\s/c(=C/C(=O)C(C)(C)n3cncn3)[nH]c2=O)n1. The van der Waals surface area contributed by atoms with Crippen molar-refractivity contribution in [3.63, 3.8) is 0 Å².